The molecule has 0 aliphatic heterocycles. The number of hydrogen-bond acceptors (Lipinski definition) is 7. The van der Waals surface area contributed by atoms with Crippen molar-refractivity contribution in [1.29, 1.82) is 0 Å². The van der Waals surface area contributed by atoms with Gasteiger partial charge in [0.15, 0.2) is 0 Å². The number of nitrogens with zero attached hydrogens (tertiary/aromatic N) is 5. The maximum atomic E-state index is 12.6. The Morgan fingerprint density at radius 1 is 1.19 bits per heavy atom. The summed E-state index contributed by atoms with van der Waals surface area (Å²) in [6, 6.07) is 7.31. The van der Waals surface area contributed by atoms with Gasteiger partial charge in [-0.3, -0.25) is 0 Å². The Hall–Kier alpha value is -2.81. The minimum atomic E-state index is -0.227. The Morgan fingerprint density at radius 2 is 2.00 bits per heavy atom. The van der Waals surface area contributed by atoms with Crippen molar-refractivity contribution < 1.29 is 9.21 Å². The van der Waals surface area contributed by atoms with E-state index in [0.29, 0.717) is 30.4 Å². The minimum absolute atomic E-state index is 0.227. The molecule has 0 unspecified atom stereocenters. The molecule has 0 spiro atoms. The molecule has 136 valence electrons. The lowest BCUT2D eigenvalue weighted by atomic mass is 10.2. The zero-order valence-corrected chi connectivity index (χ0v) is 15.7. The number of rotatable bonds is 6. The molecule has 3 rings (SSSR count). The third kappa shape index (κ3) is 4.23. The molecule has 8 nitrogen and oxygen atoms in total. The zero-order valence-electron chi connectivity index (χ0n) is 14.9. The van der Waals surface area contributed by atoms with Gasteiger partial charge in [0.2, 0.25) is 11.8 Å². The molecule has 1 N–H and O–H groups in total. The van der Waals surface area contributed by atoms with Crippen LogP contribution in [0.2, 0.25) is 0 Å². The van der Waals surface area contributed by atoms with Gasteiger partial charge in [-0.15, -0.1) is 20.4 Å². The molecule has 0 radical (unpaired) electrons. The van der Waals surface area contributed by atoms with Crippen LogP contribution in [0.4, 0.5) is 10.5 Å². The van der Waals surface area contributed by atoms with Crippen LogP contribution in [0.25, 0.3) is 10.6 Å². The summed E-state index contributed by atoms with van der Waals surface area (Å²) < 4.78 is 5.49. The van der Waals surface area contributed by atoms with E-state index >= 15 is 0 Å². The fourth-order valence-corrected chi connectivity index (χ4v) is 3.02. The zero-order chi connectivity index (χ0) is 18.5. The van der Waals surface area contributed by atoms with Crippen molar-refractivity contribution in [2.24, 2.45) is 0 Å². The highest BCUT2D eigenvalue weighted by Crippen LogP contribution is 2.25. The van der Waals surface area contributed by atoms with E-state index < -0.39 is 0 Å². The van der Waals surface area contributed by atoms with Gasteiger partial charge in [0.25, 0.3) is 0 Å². The summed E-state index contributed by atoms with van der Waals surface area (Å²) >= 11 is 1.51. The molecular weight excluding hydrogens is 352 g/mol. The largest absolute Gasteiger partial charge is 0.423 e. The molecule has 0 saturated heterocycles. The lowest BCUT2D eigenvalue weighted by molar-refractivity contribution is 0.205. The van der Waals surface area contributed by atoms with Crippen molar-refractivity contribution in [2.45, 2.75) is 33.7 Å². The Balaban J connectivity index is 1.69. The van der Waals surface area contributed by atoms with Crippen molar-refractivity contribution in [3.63, 3.8) is 0 Å². The topological polar surface area (TPSA) is 97.0 Å². The summed E-state index contributed by atoms with van der Waals surface area (Å²) in [5.74, 6) is 0.994. The van der Waals surface area contributed by atoms with Crippen LogP contribution in [0.1, 0.15) is 30.6 Å². The van der Waals surface area contributed by atoms with Crippen LogP contribution < -0.4 is 5.32 Å². The Bertz CT molecular complexity index is 891. The molecule has 2 aromatic heterocycles. The molecule has 0 atom stereocenters. The fraction of sp³-hybridized carbons (Fsp3) is 0.353. The molecule has 0 aliphatic rings. The minimum Gasteiger partial charge on any atom is -0.423 e. The predicted octanol–water partition coefficient (Wildman–Crippen LogP) is 3.51. The second-order valence-corrected chi connectivity index (χ2v) is 6.78. The Labute approximate surface area is 155 Å². The Kier molecular flexibility index (Phi) is 5.57. The van der Waals surface area contributed by atoms with E-state index in [1.807, 2.05) is 45.0 Å². The van der Waals surface area contributed by atoms with Crippen LogP contribution in [-0.4, -0.2) is 37.9 Å². The van der Waals surface area contributed by atoms with Crippen molar-refractivity contribution in [3.8, 4) is 10.6 Å². The average Bonchev–Trinajstić information content (AvgIpc) is 3.28. The van der Waals surface area contributed by atoms with E-state index in [2.05, 4.69) is 25.7 Å². The molecule has 0 bridgehead atoms. The monoisotopic (exact) mass is 372 g/mol. The summed E-state index contributed by atoms with van der Waals surface area (Å²) in [5.41, 5.74) is 1.61. The number of anilines is 1. The molecule has 1 aromatic carbocycles. The number of urea groups is 1. The smallest absolute Gasteiger partial charge is 0.322 e. The second-order valence-electron chi connectivity index (χ2n) is 5.59. The van der Waals surface area contributed by atoms with Crippen molar-refractivity contribution in [2.75, 3.05) is 11.9 Å². The lowest BCUT2D eigenvalue weighted by Gasteiger charge is -2.19. The molecule has 0 fully saturated rings. The molecular formula is C17H20N6O2S. The number of nitrogens with one attached hydrogen (secondary N) is 1. The second kappa shape index (κ2) is 8.05. The van der Waals surface area contributed by atoms with Crippen LogP contribution in [-0.2, 0) is 13.0 Å². The van der Waals surface area contributed by atoms with Gasteiger partial charge in [-0.25, -0.2) is 4.79 Å². The first-order valence-electron chi connectivity index (χ1n) is 8.36. The van der Waals surface area contributed by atoms with Gasteiger partial charge < -0.3 is 14.6 Å². The fourth-order valence-electron chi connectivity index (χ4n) is 2.33. The molecule has 2 amide bonds. The van der Waals surface area contributed by atoms with E-state index in [1.165, 1.54) is 11.3 Å². The lowest BCUT2D eigenvalue weighted by Crippen LogP contribution is -2.34. The maximum Gasteiger partial charge on any atom is 0.322 e. The van der Waals surface area contributed by atoms with Crippen LogP contribution in [0.15, 0.2) is 28.7 Å². The summed E-state index contributed by atoms with van der Waals surface area (Å²) in [6.07, 6.45) is 0.670. The number of aryl methyl sites for hydroxylation is 2. The van der Waals surface area contributed by atoms with Gasteiger partial charge >= 0.3 is 6.03 Å². The van der Waals surface area contributed by atoms with E-state index in [9.17, 15) is 4.79 Å². The number of amides is 2. The Morgan fingerprint density at radius 3 is 2.65 bits per heavy atom. The quantitative estimate of drug-likeness (QED) is 0.711. The molecule has 0 saturated carbocycles. The SMILES string of the molecule is CCc1nnc(CN(CC)C(=O)Nc2cccc(-c3nnc(C)s3)c2)o1. The van der Waals surface area contributed by atoms with Crippen molar-refractivity contribution >= 4 is 23.1 Å². The number of benzene rings is 1. The van der Waals surface area contributed by atoms with Gasteiger partial charge in [-0.2, -0.15) is 0 Å². The molecule has 3 aromatic rings. The van der Waals surface area contributed by atoms with Gasteiger partial charge in [-0.05, 0) is 26.0 Å². The molecule has 0 aliphatic carbocycles. The van der Waals surface area contributed by atoms with Crippen LogP contribution in [0.3, 0.4) is 0 Å². The van der Waals surface area contributed by atoms with Crippen molar-refractivity contribution in [3.05, 3.63) is 41.1 Å². The van der Waals surface area contributed by atoms with E-state index in [4.69, 9.17) is 4.42 Å². The van der Waals surface area contributed by atoms with E-state index in [-0.39, 0.29) is 12.6 Å². The first-order chi connectivity index (χ1) is 12.6. The van der Waals surface area contributed by atoms with Gasteiger partial charge in [0.1, 0.15) is 16.6 Å². The highest BCUT2D eigenvalue weighted by atomic mass is 32.1. The van der Waals surface area contributed by atoms with Crippen LogP contribution in [0, 0.1) is 6.92 Å². The van der Waals surface area contributed by atoms with Crippen LogP contribution >= 0.6 is 11.3 Å². The number of aromatic nitrogens is 4. The van der Waals surface area contributed by atoms with Gasteiger partial charge in [0, 0.05) is 24.2 Å². The van der Waals surface area contributed by atoms with Crippen molar-refractivity contribution in [1.82, 2.24) is 25.3 Å². The third-order valence-corrected chi connectivity index (χ3v) is 4.58. The normalized spacial score (nSPS) is 10.7. The predicted molar refractivity (Wildman–Crippen MR) is 98.9 cm³/mol. The maximum absolute atomic E-state index is 12.6. The highest BCUT2D eigenvalue weighted by Gasteiger charge is 2.16. The molecule has 9 heteroatoms. The van der Waals surface area contributed by atoms with Gasteiger partial charge in [-0.1, -0.05) is 30.4 Å². The summed E-state index contributed by atoms with van der Waals surface area (Å²) in [6.45, 7) is 6.54. The number of carbonyl (C=O) groups excluding carboxylic acids is 1. The summed E-state index contributed by atoms with van der Waals surface area (Å²) in [7, 11) is 0. The van der Waals surface area contributed by atoms with Crippen LogP contribution in [0.5, 0.6) is 0 Å². The summed E-state index contributed by atoms with van der Waals surface area (Å²) in [4.78, 5) is 14.2. The highest BCUT2D eigenvalue weighted by molar-refractivity contribution is 7.14. The van der Waals surface area contributed by atoms with E-state index in [1.54, 1.807) is 4.90 Å². The summed E-state index contributed by atoms with van der Waals surface area (Å²) in [5, 5.41) is 20.7. The average molecular weight is 372 g/mol. The van der Waals surface area contributed by atoms with Gasteiger partial charge in [0.05, 0.1) is 0 Å². The standard InChI is InChI=1S/C17H20N6O2S/c1-4-14-20-21-15(25-14)10-23(5-2)17(24)18-13-8-6-7-12(9-13)16-22-19-11(3)26-16/h6-9H,4-5,10H2,1-3H3,(H,18,24). The molecule has 2 heterocycles. The van der Waals surface area contributed by atoms with E-state index in [0.717, 1.165) is 15.6 Å². The third-order valence-electron chi connectivity index (χ3n) is 3.69. The number of carbonyl (C=O) groups is 1. The number of hydrogen-bond donors (Lipinski definition) is 1. The molecule has 26 heavy (non-hydrogen) atoms. The first kappa shape index (κ1) is 18.0. The first-order valence-corrected chi connectivity index (χ1v) is 9.18.